The third kappa shape index (κ3) is 4.47. The maximum absolute atomic E-state index is 13.4. The van der Waals surface area contributed by atoms with Crippen LogP contribution in [0.5, 0.6) is 0 Å². The summed E-state index contributed by atoms with van der Waals surface area (Å²) in [4.78, 5) is 26.8. The molecule has 32 heavy (non-hydrogen) atoms. The maximum atomic E-state index is 13.4. The molecule has 2 aromatic rings. The minimum absolute atomic E-state index is 0.0788. The molecule has 0 aliphatic carbocycles. The second-order valence-electron chi connectivity index (χ2n) is 8.28. The van der Waals surface area contributed by atoms with Gasteiger partial charge in [-0.2, -0.15) is 4.31 Å². The number of rotatable bonds is 4. The van der Waals surface area contributed by atoms with Gasteiger partial charge in [-0.25, -0.2) is 8.42 Å². The summed E-state index contributed by atoms with van der Waals surface area (Å²) < 4.78 is 27.7. The van der Waals surface area contributed by atoms with Crippen LogP contribution in [0, 0.1) is 6.92 Å². The molecule has 2 amide bonds. The van der Waals surface area contributed by atoms with Crippen LogP contribution in [0.2, 0.25) is 0 Å². The lowest BCUT2D eigenvalue weighted by atomic mass is 9.98. The van der Waals surface area contributed by atoms with Crippen LogP contribution in [-0.2, 0) is 19.6 Å². The number of hydrogen-bond donors (Lipinski definition) is 1. The molecule has 7 nitrogen and oxygen atoms in total. The van der Waals surface area contributed by atoms with Gasteiger partial charge in [-0.15, -0.1) is 0 Å². The van der Waals surface area contributed by atoms with E-state index in [0.717, 1.165) is 23.2 Å². The minimum Gasteiger partial charge on any atom is -0.326 e. The van der Waals surface area contributed by atoms with Crippen LogP contribution in [0.4, 0.5) is 11.4 Å². The summed E-state index contributed by atoms with van der Waals surface area (Å²) in [6.07, 6.45) is 1.82. The van der Waals surface area contributed by atoms with Gasteiger partial charge in [-0.05, 0) is 62.1 Å². The Morgan fingerprint density at radius 1 is 1.03 bits per heavy atom. The van der Waals surface area contributed by atoms with Crippen molar-refractivity contribution < 1.29 is 18.0 Å². The van der Waals surface area contributed by atoms with E-state index in [1.165, 1.54) is 11.2 Å². The van der Waals surface area contributed by atoms with Crippen molar-refractivity contribution >= 4 is 33.2 Å². The summed E-state index contributed by atoms with van der Waals surface area (Å²) in [6.45, 7) is 4.43. The van der Waals surface area contributed by atoms with Crippen molar-refractivity contribution in [2.24, 2.45) is 0 Å². The molecule has 1 N–H and O–H groups in total. The van der Waals surface area contributed by atoms with Crippen LogP contribution < -0.4 is 10.2 Å². The van der Waals surface area contributed by atoms with E-state index in [9.17, 15) is 18.0 Å². The Balaban J connectivity index is 1.58. The predicted molar refractivity (Wildman–Crippen MR) is 124 cm³/mol. The number of sulfonamides is 1. The number of anilines is 2. The summed E-state index contributed by atoms with van der Waals surface area (Å²) in [5.74, 6) is -0.249. The average Bonchev–Trinajstić information content (AvgIpc) is 2.92. The molecule has 0 saturated carbocycles. The third-order valence-corrected chi connectivity index (χ3v) is 7.77. The maximum Gasteiger partial charge on any atom is 0.254 e. The van der Waals surface area contributed by atoms with E-state index in [4.69, 9.17) is 0 Å². The zero-order chi connectivity index (χ0) is 22.9. The normalized spacial score (nSPS) is 17.7. The highest BCUT2D eigenvalue weighted by Gasteiger charge is 2.34. The molecule has 0 fully saturated rings. The molecule has 0 unspecified atom stereocenters. The van der Waals surface area contributed by atoms with Gasteiger partial charge in [-0.1, -0.05) is 23.8 Å². The number of nitrogens with one attached hydrogen (secondary N) is 1. The van der Waals surface area contributed by atoms with Crippen LogP contribution in [0.3, 0.4) is 0 Å². The lowest BCUT2D eigenvalue weighted by Crippen LogP contribution is -2.40. The first-order valence-electron chi connectivity index (χ1n) is 10.7. The molecule has 0 spiro atoms. The van der Waals surface area contributed by atoms with Crippen molar-refractivity contribution in [3.8, 4) is 0 Å². The second kappa shape index (κ2) is 8.88. The molecule has 168 valence electrons. The largest absolute Gasteiger partial charge is 0.326 e. The Labute approximate surface area is 188 Å². The fourth-order valence-corrected chi connectivity index (χ4v) is 5.71. The topological polar surface area (TPSA) is 86.8 Å². The van der Waals surface area contributed by atoms with Crippen LogP contribution in [0.25, 0.3) is 0 Å². The van der Waals surface area contributed by atoms with E-state index in [0.29, 0.717) is 30.6 Å². The fraction of sp³-hybridized carbons (Fsp3) is 0.333. The zero-order valence-corrected chi connectivity index (χ0v) is 19.1. The smallest absolute Gasteiger partial charge is 0.254 e. The molecular formula is C24H27N3O4S. The molecule has 0 atom stereocenters. The van der Waals surface area contributed by atoms with Crippen LogP contribution in [0.1, 0.15) is 31.7 Å². The van der Waals surface area contributed by atoms with Gasteiger partial charge in [-0.3, -0.25) is 9.59 Å². The van der Waals surface area contributed by atoms with Gasteiger partial charge in [0, 0.05) is 43.5 Å². The van der Waals surface area contributed by atoms with Crippen molar-refractivity contribution in [1.82, 2.24) is 4.31 Å². The first-order chi connectivity index (χ1) is 15.3. The fourth-order valence-electron chi connectivity index (χ4n) is 4.27. The SMILES string of the molecule is CC(=O)Nc1cccc(N2CCCC3=C(CCN(S(=O)(=O)c4ccc(C)cc4)C3)C2=O)c1. The van der Waals surface area contributed by atoms with E-state index < -0.39 is 10.0 Å². The minimum atomic E-state index is -3.61. The molecule has 0 saturated heterocycles. The van der Waals surface area contributed by atoms with Gasteiger partial charge in [0.2, 0.25) is 15.9 Å². The van der Waals surface area contributed by atoms with Crippen molar-refractivity contribution in [2.75, 3.05) is 29.9 Å². The Kier molecular flexibility index (Phi) is 6.17. The first-order valence-corrected chi connectivity index (χ1v) is 12.2. The highest BCUT2D eigenvalue weighted by molar-refractivity contribution is 7.89. The Bertz CT molecular complexity index is 1190. The standard InChI is InChI=1S/C24H27N3O4S/c1-17-8-10-22(11-9-17)32(30,31)26-14-12-23-19(16-26)5-4-13-27(24(23)29)21-7-3-6-20(15-21)25-18(2)28/h3,6-11,15H,4-5,12-14,16H2,1-2H3,(H,25,28). The average molecular weight is 454 g/mol. The van der Waals surface area contributed by atoms with E-state index in [-0.39, 0.29) is 29.8 Å². The summed E-state index contributed by atoms with van der Waals surface area (Å²) in [7, 11) is -3.61. The molecule has 2 aromatic carbocycles. The monoisotopic (exact) mass is 453 g/mol. The molecule has 2 aliphatic heterocycles. The van der Waals surface area contributed by atoms with Crippen LogP contribution in [-0.4, -0.2) is 44.2 Å². The Hall–Kier alpha value is -2.97. The number of aryl methyl sites for hydroxylation is 1. The zero-order valence-electron chi connectivity index (χ0n) is 18.3. The van der Waals surface area contributed by atoms with Crippen molar-refractivity contribution in [3.63, 3.8) is 0 Å². The van der Waals surface area contributed by atoms with Gasteiger partial charge >= 0.3 is 0 Å². The summed E-state index contributed by atoms with van der Waals surface area (Å²) >= 11 is 0. The van der Waals surface area contributed by atoms with Crippen molar-refractivity contribution in [1.29, 1.82) is 0 Å². The Morgan fingerprint density at radius 3 is 2.50 bits per heavy atom. The predicted octanol–water partition coefficient (Wildman–Crippen LogP) is 3.47. The third-order valence-electron chi connectivity index (χ3n) is 5.91. The second-order valence-corrected chi connectivity index (χ2v) is 10.2. The van der Waals surface area contributed by atoms with Gasteiger partial charge < -0.3 is 10.2 Å². The highest BCUT2D eigenvalue weighted by Crippen LogP contribution is 2.32. The van der Waals surface area contributed by atoms with Gasteiger partial charge in [0.15, 0.2) is 0 Å². The molecule has 0 aromatic heterocycles. The molecule has 2 aliphatic rings. The number of carbonyl (C=O) groups is 2. The summed E-state index contributed by atoms with van der Waals surface area (Å²) in [5, 5.41) is 2.75. The van der Waals surface area contributed by atoms with Gasteiger partial charge in [0.1, 0.15) is 0 Å². The molecule has 0 bridgehead atoms. The van der Waals surface area contributed by atoms with E-state index in [1.54, 1.807) is 41.3 Å². The first kappa shape index (κ1) is 22.2. The van der Waals surface area contributed by atoms with Gasteiger partial charge in [0.25, 0.3) is 5.91 Å². The van der Waals surface area contributed by atoms with Crippen LogP contribution in [0.15, 0.2) is 64.6 Å². The lowest BCUT2D eigenvalue weighted by molar-refractivity contribution is -0.115. The summed E-state index contributed by atoms with van der Waals surface area (Å²) in [5.41, 5.74) is 3.98. The van der Waals surface area contributed by atoms with Crippen LogP contribution >= 0.6 is 0 Å². The number of amides is 2. The number of nitrogens with zero attached hydrogens (tertiary/aromatic N) is 2. The molecular weight excluding hydrogens is 426 g/mol. The molecule has 2 heterocycles. The van der Waals surface area contributed by atoms with E-state index in [2.05, 4.69) is 5.32 Å². The molecule has 0 radical (unpaired) electrons. The van der Waals surface area contributed by atoms with Gasteiger partial charge in [0.05, 0.1) is 4.90 Å². The van der Waals surface area contributed by atoms with Crippen molar-refractivity contribution in [3.05, 3.63) is 65.2 Å². The van der Waals surface area contributed by atoms with E-state index >= 15 is 0 Å². The summed E-state index contributed by atoms with van der Waals surface area (Å²) in [6, 6.07) is 14.1. The highest BCUT2D eigenvalue weighted by atomic mass is 32.2. The lowest BCUT2D eigenvalue weighted by Gasteiger charge is -2.30. The molecule has 4 rings (SSSR count). The number of benzene rings is 2. The van der Waals surface area contributed by atoms with E-state index in [1.807, 2.05) is 19.1 Å². The Morgan fingerprint density at radius 2 is 1.78 bits per heavy atom. The number of carbonyl (C=O) groups excluding carboxylic acids is 2. The van der Waals surface area contributed by atoms with Crippen molar-refractivity contribution in [2.45, 2.75) is 38.0 Å². The number of hydrogen-bond acceptors (Lipinski definition) is 4. The quantitative estimate of drug-likeness (QED) is 0.768. The molecule has 8 heteroatoms.